The molecule has 0 spiro atoms. The minimum absolute atomic E-state index is 0. The van der Waals surface area contributed by atoms with Gasteiger partial charge in [0.25, 0.3) is 0 Å². The largest absolute Gasteiger partial charge is 0.444 e. The minimum atomic E-state index is -0.497. The van der Waals surface area contributed by atoms with Crippen LogP contribution in [0.4, 0.5) is 4.79 Å². The first-order chi connectivity index (χ1) is 14.2. The number of pyridine rings is 1. The summed E-state index contributed by atoms with van der Waals surface area (Å²) in [6, 6.07) is 14.1. The molecule has 2 N–H and O–H groups in total. The monoisotopic (exact) mass is 539 g/mol. The molecule has 7 nitrogen and oxygen atoms in total. The average Bonchev–Trinajstić information content (AvgIpc) is 2.68. The lowest BCUT2D eigenvalue weighted by Gasteiger charge is -2.24. The molecule has 8 heteroatoms. The predicted octanol–water partition coefficient (Wildman–Crippen LogP) is 4.24. The molecular formula is C23H34IN5O2. The van der Waals surface area contributed by atoms with Crippen LogP contribution in [-0.4, -0.2) is 41.6 Å². The van der Waals surface area contributed by atoms with Crippen LogP contribution < -0.4 is 10.6 Å². The zero-order valence-corrected chi connectivity index (χ0v) is 21.6. The molecule has 0 fully saturated rings. The topological polar surface area (TPSA) is 78.9 Å². The van der Waals surface area contributed by atoms with Gasteiger partial charge in [0, 0.05) is 32.9 Å². The number of guanidine groups is 1. The first-order valence-corrected chi connectivity index (χ1v) is 10.1. The van der Waals surface area contributed by atoms with Gasteiger partial charge in [-0.05, 0) is 51.0 Å². The van der Waals surface area contributed by atoms with Gasteiger partial charge < -0.3 is 20.3 Å². The van der Waals surface area contributed by atoms with Crippen molar-refractivity contribution in [3.05, 3.63) is 65.0 Å². The van der Waals surface area contributed by atoms with Crippen LogP contribution in [0.15, 0.2) is 47.5 Å². The molecule has 0 radical (unpaired) electrons. The standard InChI is InChI=1S/C23H33N5O2.HI/c1-17-8-7-9-20(27-17)15-26-21(24-5)25-14-18-10-12-19(13-11-18)16-28(6)22(29)30-23(2,3)4;/h7-13H,14-16H2,1-6H3,(H2,24,25,26);1H. The van der Waals surface area contributed by atoms with Gasteiger partial charge >= 0.3 is 6.09 Å². The molecule has 0 saturated heterocycles. The number of carbonyl (C=O) groups is 1. The molecule has 0 saturated carbocycles. The lowest BCUT2D eigenvalue weighted by Crippen LogP contribution is -2.36. The molecule has 31 heavy (non-hydrogen) atoms. The van der Waals surface area contributed by atoms with Gasteiger partial charge in [-0.15, -0.1) is 24.0 Å². The van der Waals surface area contributed by atoms with Gasteiger partial charge in [0.15, 0.2) is 5.96 Å². The van der Waals surface area contributed by atoms with Gasteiger partial charge in [0.1, 0.15) is 5.60 Å². The number of benzene rings is 1. The highest BCUT2D eigenvalue weighted by molar-refractivity contribution is 14.0. The van der Waals surface area contributed by atoms with E-state index in [1.807, 2.05) is 70.2 Å². The highest BCUT2D eigenvalue weighted by atomic mass is 127. The van der Waals surface area contributed by atoms with Crippen molar-refractivity contribution >= 4 is 36.0 Å². The van der Waals surface area contributed by atoms with E-state index in [2.05, 4.69) is 20.6 Å². The van der Waals surface area contributed by atoms with E-state index >= 15 is 0 Å². The molecule has 170 valence electrons. The third-order valence-electron chi connectivity index (χ3n) is 4.21. The van der Waals surface area contributed by atoms with E-state index in [9.17, 15) is 4.79 Å². The van der Waals surface area contributed by atoms with Crippen molar-refractivity contribution in [2.75, 3.05) is 14.1 Å². The number of nitrogens with one attached hydrogen (secondary N) is 2. The Hall–Kier alpha value is -2.36. The third kappa shape index (κ3) is 9.99. The van der Waals surface area contributed by atoms with Crippen LogP contribution in [0.2, 0.25) is 0 Å². The van der Waals surface area contributed by atoms with Gasteiger partial charge in [0.2, 0.25) is 0 Å². The number of nitrogens with zero attached hydrogens (tertiary/aromatic N) is 3. The second-order valence-electron chi connectivity index (χ2n) is 8.20. The number of hydrogen-bond donors (Lipinski definition) is 2. The summed E-state index contributed by atoms with van der Waals surface area (Å²) in [4.78, 5) is 22.4. The van der Waals surface area contributed by atoms with E-state index < -0.39 is 5.60 Å². The maximum absolute atomic E-state index is 12.1. The van der Waals surface area contributed by atoms with E-state index in [4.69, 9.17) is 4.74 Å². The minimum Gasteiger partial charge on any atom is -0.444 e. The summed E-state index contributed by atoms with van der Waals surface area (Å²) in [6.07, 6.45) is -0.328. The molecule has 0 aliphatic carbocycles. The van der Waals surface area contributed by atoms with Gasteiger partial charge in [-0.25, -0.2) is 4.79 Å². The van der Waals surface area contributed by atoms with Crippen molar-refractivity contribution in [1.82, 2.24) is 20.5 Å². The number of amides is 1. The zero-order chi connectivity index (χ0) is 22.1. The maximum Gasteiger partial charge on any atom is 0.410 e. The number of rotatable bonds is 6. The summed E-state index contributed by atoms with van der Waals surface area (Å²) in [6.45, 7) is 9.31. The van der Waals surface area contributed by atoms with Gasteiger partial charge in [0.05, 0.1) is 12.2 Å². The predicted molar refractivity (Wildman–Crippen MR) is 136 cm³/mol. The summed E-state index contributed by atoms with van der Waals surface area (Å²) in [5.74, 6) is 0.715. The Bertz CT molecular complexity index is 863. The van der Waals surface area contributed by atoms with Crippen molar-refractivity contribution in [3.8, 4) is 0 Å². The zero-order valence-electron chi connectivity index (χ0n) is 19.2. The Morgan fingerprint density at radius 1 is 1.06 bits per heavy atom. The van der Waals surface area contributed by atoms with Crippen LogP contribution in [-0.2, 0) is 24.4 Å². The fourth-order valence-corrected chi connectivity index (χ4v) is 2.72. The fourth-order valence-electron chi connectivity index (χ4n) is 2.72. The SMILES string of the molecule is CN=C(NCc1ccc(CN(C)C(=O)OC(C)(C)C)cc1)NCc1cccc(C)n1.I. The third-order valence-corrected chi connectivity index (χ3v) is 4.21. The lowest BCUT2D eigenvalue weighted by molar-refractivity contribution is 0.0285. The summed E-state index contributed by atoms with van der Waals surface area (Å²) < 4.78 is 5.39. The number of aryl methyl sites for hydroxylation is 1. The molecule has 1 aromatic carbocycles. The van der Waals surface area contributed by atoms with E-state index in [-0.39, 0.29) is 30.1 Å². The van der Waals surface area contributed by atoms with Crippen molar-refractivity contribution in [3.63, 3.8) is 0 Å². The van der Waals surface area contributed by atoms with Crippen molar-refractivity contribution in [1.29, 1.82) is 0 Å². The number of carbonyl (C=O) groups excluding carboxylic acids is 1. The van der Waals surface area contributed by atoms with Gasteiger partial charge in [-0.2, -0.15) is 0 Å². The average molecular weight is 539 g/mol. The molecule has 0 atom stereocenters. The van der Waals surface area contributed by atoms with Gasteiger partial charge in [-0.3, -0.25) is 9.98 Å². The van der Waals surface area contributed by atoms with Crippen LogP contribution in [0, 0.1) is 6.92 Å². The molecule has 1 aromatic heterocycles. The van der Waals surface area contributed by atoms with Crippen molar-refractivity contribution < 1.29 is 9.53 Å². The van der Waals surface area contributed by atoms with Crippen molar-refractivity contribution in [2.45, 2.75) is 52.9 Å². The van der Waals surface area contributed by atoms with Gasteiger partial charge in [-0.1, -0.05) is 30.3 Å². The number of ether oxygens (including phenoxy) is 1. The number of aromatic nitrogens is 1. The summed E-state index contributed by atoms with van der Waals surface area (Å²) in [5.41, 5.74) is 3.63. The molecule has 2 aromatic rings. The van der Waals surface area contributed by atoms with Crippen LogP contribution in [0.25, 0.3) is 0 Å². The van der Waals surface area contributed by atoms with E-state index in [1.54, 1.807) is 19.0 Å². The summed E-state index contributed by atoms with van der Waals surface area (Å²) in [5, 5.41) is 6.57. The molecule has 1 amide bonds. The van der Waals surface area contributed by atoms with E-state index in [0.717, 1.165) is 22.5 Å². The molecule has 0 aliphatic rings. The first-order valence-electron chi connectivity index (χ1n) is 10.1. The fraction of sp³-hybridized carbons (Fsp3) is 0.435. The molecular weight excluding hydrogens is 505 g/mol. The number of halogens is 1. The Labute approximate surface area is 202 Å². The lowest BCUT2D eigenvalue weighted by atomic mass is 10.1. The highest BCUT2D eigenvalue weighted by Gasteiger charge is 2.19. The molecule has 0 unspecified atom stereocenters. The Morgan fingerprint density at radius 3 is 2.26 bits per heavy atom. The first kappa shape index (κ1) is 26.7. The van der Waals surface area contributed by atoms with Crippen LogP contribution in [0.1, 0.15) is 43.3 Å². The normalized spacial score (nSPS) is 11.4. The molecule has 2 rings (SSSR count). The number of aliphatic imine (C=N–C) groups is 1. The molecule has 1 heterocycles. The van der Waals surface area contributed by atoms with Crippen molar-refractivity contribution in [2.24, 2.45) is 4.99 Å². The molecule has 0 aliphatic heterocycles. The van der Waals surface area contributed by atoms with E-state index in [1.165, 1.54) is 0 Å². The Kier molecular flexibility index (Phi) is 10.7. The quantitative estimate of drug-likeness (QED) is 0.326. The van der Waals surface area contributed by atoms with E-state index in [0.29, 0.717) is 25.6 Å². The second kappa shape index (κ2) is 12.5. The van der Waals surface area contributed by atoms with Crippen LogP contribution in [0.3, 0.4) is 0 Å². The molecule has 0 bridgehead atoms. The summed E-state index contributed by atoms with van der Waals surface area (Å²) in [7, 11) is 3.48. The smallest absolute Gasteiger partial charge is 0.410 e. The van der Waals surface area contributed by atoms with Crippen LogP contribution in [0.5, 0.6) is 0 Å². The second-order valence-corrected chi connectivity index (χ2v) is 8.20. The van der Waals surface area contributed by atoms with Crippen LogP contribution >= 0.6 is 24.0 Å². The maximum atomic E-state index is 12.1. The Balaban J connectivity index is 0.00000480. The number of hydrogen-bond acceptors (Lipinski definition) is 4. The Morgan fingerprint density at radius 2 is 1.68 bits per heavy atom. The summed E-state index contributed by atoms with van der Waals surface area (Å²) >= 11 is 0. The highest BCUT2D eigenvalue weighted by Crippen LogP contribution is 2.12.